The van der Waals surface area contributed by atoms with Crippen molar-refractivity contribution in [1.82, 2.24) is 15.1 Å². The van der Waals surface area contributed by atoms with Crippen molar-refractivity contribution in [3.8, 4) is 0 Å². The van der Waals surface area contributed by atoms with Crippen LogP contribution in [0.15, 0.2) is 0 Å². The Kier molecular flexibility index (Phi) is 5.05. The molecule has 1 aromatic rings. The number of nitrogens with zero attached hydrogens (tertiary/aromatic N) is 2. The van der Waals surface area contributed by atoms with Crippen LogP contribution in [0.1, 0.15) is 37.6 Å². The lowest BCUT2D eigenvalue weighted by molar-refractivity contribution is -0.146. The Balaban J connectivity index is 1.96. The summed E-state index contributed by atoms with van der Waals surface area (Å²) in [6, 6.07) is 0.207. The third kappa shape index (κ3) is 3.73. The van der Waals surface area contributed by atoms with Crippen LogP contribution < -0.4 is 5.32 Å². The lowest BCUT2D eigenvalue weighted by Gasteiger charge is -2.17. The molecule has 0 spiro atoms. The lowest BCUT2D eigenvalue weighted by Crippen LogP contribution is -2.40. The maximum atomic E-state index is 11.9. The van der Waals surface area contributed by atoms with Gasteiger partial charge in [-0.3, -0.25) is 9.48 Å². The van der Waals surface area contributed by atoms with Gasteiger partial charge in [-0.25, -0.2) is 0 Å². The van der Waals surface area contributed by atoms with Gasteiger partial charge in [-0.1, -0.05) is 11.6 Å². The van der Waals surface area contributed by atoms with Gasteiger partial charge < -0.3 is 10.1 Å². The number of rotatable bonds is 7. The molecule has 1 atom stereocenters. The molecule has 1 N–H and O–H groups in total. The minimum absolute atomic E-state index is 0.174. The zero-order chi connectivity index (χ0) is 14.7. The van der Waals surface area contributed by atoms with E-state index in [2.05, 4.69) is 10.4 Å². The highest BCUT2D eigenvalue weighted by Gasteiger charge is 2.29. The molecule has 5 nitrogen and oxygen atoms in total. The highest BCUT2D eigenvalue weighted by atomic mass is 35.5. The maximum Gasteiger partial charge on any atom is 0.323 e. The van der Waals surface area contributed by atoms with Gasteiger partial charge in [0.25, 0.3) is 0 Å². The molecule has 1 unspecified atom stereocenters. The lowest BCUT2D eigenvalue weighted by atomic mass is 10.2. The number of hydrogen-bond donors (Lipinski definition) is 1. The van der Waals surface area contributed by atoms with Gasteiger partial charge in [0.2, 0.25) is 0 Å². The zero-order valence-electron chi connectivity index (χ0n) is 12.3. The minimum Gasteiger partial charge on any atom is -0.465 e. The molecular weight excluding hydrogens is 278 g/mol. The van der Waals surface area contributed by atoms with Crippen LogP contribution in [-0.2, 0) is 16.1 Å². The van der Waals surface area contributed by atoms with E-state index >= 15 is 0 Å². The standard InChI is InChI=1S/C14H22ClN3O2/c1-4-20-14(19)12(16-11-5-6-11)7-8-18-10(3)13(15)9(2)17-18/h11-12,16H,4-8H2,1-3H3. The molecule has 1 aliphatic rings. The van der Waals surface area contributed by atoms with Gasteiger partial charge in [-0.05, 0) is 40.0 Å². The molecule has 0 bridgehead atoms. The fourth-order valence-corrected chi connectivity index (χ4v) is 2.33. The van der Waals surface area contributed by atoms with Crippen molar-refractivity contribution in [3.63, 3.8) is 0 Å². The van der Waals surface area contributed by atoms with Crippen LogP contribution >= 0.6 is 11.6 Å². The van der Waals surface area contributed by atoms with Crippen LogP contribution in [0.3, 0.4) is 0 Å². The van der Waals surface area contributed by atoms with E-state index in [1.165, 1.54) is 0 Å². The summed E-state index contributed by atoms with van der Waals surface area (Å²) < 4.78 is 6.98. The van der Waals surface area contributed by atoms with Crippen molar-refractivity contribution < 1.29 is 9.53 Å². The van der Waals surface area contributed by atoms with Gasteiger partial charge in [0.05, 0.1) is 23.0 Å². The second-order valence-corrected chi connectivity index (χ2v) is 5.62. The molecule has 0 aliphatic heterocycles. The monoisotopic (exact) mass is 299 g/mol. The van der Waals surface area contributed by atoms with Crippen molar-refractivity contribution >= 4 is 17.6 Å². The summed E-state index contributed by atoms with van der Waals surface area (Å²) >= 11 is 6.13. The Bertz CT molecular complexity index is 483. The number of hydrogen-bond acceptors (Lipinski definition) is 4. The van der Waals surface area contributed by atoms with Crippen LogP contribution in [0, 0.1) is 13.8 Å². The van der Waals surface area contributed by atoms with Crippen LogP contribution in [0.5, 0.6) is 0 Å². The van der Waals surface area contributed by atoms with Crippen molar-refractivity contribution in [1.29, 1.82) is 0 Å². The van der Waals surface area contributed by atoms with Crippen LogP contribution in [0.4, 0.5) is 0 Å². The van der Waals surface area contributed by atoms with Gasteiger partial charge in [0.15, 0.2) is 0 Å². The Hall–Kier alpha value is -1.07. The minimum atomic E-state index is -0.259. The molecule has 1 aromatic heterocycles. The van der Waals surface area contributed by atoms with Gasteiger partial charge in [0, 0.05) is 12.6 Å². The fourth-order valence-electron chi connectivity index (χ4n) is 2.19. The SMILES string of the molecule is CCOC(=O)C(CCn1nc(C)c(Cl)c1C)NC1CC1. The summed E-state index contributed by atoms with van der Waals surface area (Å²) in [4.78, 5) is 11.9. The fraction of sp³-hybridized carbons (Fsp3) is 0.714. The van der Waals surface area contributed by atoms with Crippen molar-refractivity contribution in [2.75, 3.05) is 6.61 Å². The van der Waals surface area contributed by atoms with E-state index in [1.807, 2.05) is 25.5 Å². The number of ether oxygens (including phenoxy) is 1. The second kappa shape index (κ2) is 6.59. The topological polar surface area (TPSA) is 56.2 Å². The predicted molar refractivity (Wildman–Crippen MR) is 77.9 cm³/mol. The largest absolute Gasteiger partial charge is 0.465 e. The number of carbonyl (C=O) groups is 1. The average Bonchev–Trinajstić information content (AvgIpc) is 3.20. The Labute approximate surface area is 124 Å². The van der Waals surface area contributed by atoms with Gasteiger partial charge in [-0.15, -0.1) is 0 Å². The molecule has 1 aliphatic carbocycles. The van der Waals surface area contributed by atoms with Crippen LogP contribution in [0.25, 0.3) is 0 Å². The predicted octanol–water partition coefficient (Wildman–Crippen LogP) is 2.23. The summed E-state index contributed by atoms with van der Waals surface area (Å²) in [7, 11) is 0. The van der Waals surface area contributed by atoms with Crippen molar-refractivity contribution in [2.24, 2.45) is 0 Å². The summed E-state index contributed by atoms with van der Waals surface area (Å²) in [6.07, 6.45) is 2.94. The Morgan fingerprint density at radius 2 is 2.25 bits per heavy atom. The van der Waals surface area contributed by atoms with Crippen LogP contribution in [-0.4, -0.2) is 34.4 Å². The average molecular weight is 300 g/mol. The molecule has 0 saturated heterocycles. The highest BCUT2D eigenvalue weighted by Crippen LogP contribution is 2.22. The second-order valence-electron chi connectivity index (χ2n) is 5.24. The van der Waals surface area contributed by atoms with Crippen molar-refractivity contribution in [2.45, 2.75) is 58.7 Å². The molecule has 6 heteroatoms. The van der Waals surface area contributed by atoms with Gasteiger partial charge in [-0.2, -0.15) is 5.10 Å². The number of halogens is 1. The van der Waals surface area contributed by atoms with Crippen molar-refractivity contribution in [3.05, 3.63) is 16.4 Å². The molecule has 0 amide bonds. The maximum absolute atomic E-state index is 11.9. The van der Waals surface area contributed by atoms with E-state index < -0.39 is 0 Å². The first-order valence-electron chi connectivity index (χ1n) is 7.15. The summed E-state index contributed by atoms with van der Waals surface area (Å²) in [6.45, 7) is 6.72. The normalized spacial score (nSPS) is 16.2. The van der Waals surface area contributed by atoms with E-state index in [0.717, 1.165) is 24.2 Å². The first kappa shape index (κ1) is 15.3. The first-order chi connectivity index (χ1) is 9.52. The van der Waals surface area contributed by atoms with Gasteiger partial charge >= 0.3 is 5.97 Å². The molecule has 0 radical (unpaired) electrons. The third-order valence-corrected chi connectivity index (χ3v) is 4.06. The molecule has 1 heterocycles. The van der Waals surface area contributed by atoms with Crippen LogP contribution in [0.2, 0.25) is 5.02 Å². The number of esters is 1. The molecule has 112 valence electrons. The third-order valence-electron chi connectivity index (χ3n) is 3.51. The van der Waals surface area contributed by atoms with E-state index in [1.54, 1.807) is 0 Å². The number of aryl methyl sites for hydroxylation is 2. The number of carbonyl (C=O) groups excluding carboxylic acids is 1. The summed E-state index contributed by atoms with van der Waals surface area (Å²) in [5.41, 5.74) is 1.77. The quantitative estimate of drug-likeness (QED) is 0.785. The summed E-state index contributed by atoms with van der Waals surface area (Å²) in [5.74, 6) is -0.174. The zero-order valence-corrected chi connectivity index (χ0v) is 13.0. The van der Waals surface area contributed by atoms with E-state index in [0.29, 0.717) is 30.6 Å². The Morgan fingerprint density at radius 1 is 1.55 bits per heavy atom. The number of nitrogens with one attached hydrogen (secondary N) is 1. The van der Waals surface area contributed by atoms with Gasteiger partial charge in [0.1, 0.15) is 6.04 Å². The first-order valence-corrected chi connectivity index (χ1v) is 7.53. The molecular formula is C14H22ClN3O2. The number of aromatic nitrogens is 2. The van der Waals surface area contributed by atoms with E-state index in [-0.39, 0.29) is 12.0 Å². The van der Waals surface area contributed by atoms with E-state index in [4.69, 9.17) is 16.3 Å². The molecule has 20 heavy (non-hydrogen) atoms. The molecule has 2 rings (SSSR count). The molecule has 1 saturated carbocycles. The smallest absolute Gasteiger partial charge is 0.323 e. The summed E-state index contributed by atoms with van der Waals surface area (Å²) in [5, 5.41) is 8.43. The van der Waals surface area contributed by atoms with E-state index in [9.17, 15) is 4.79 Å². The highest BCUT2D eigenvalue weighted by molar-refractivity contribution is 6.31. The molecule has 1 fully saturated rings. The molecule has 0 aromatic carbocycles. The Morgan fingerprint density at radius 3 is 2.75 bits per heavy atom.